The molecule has 0 heterocycles. The van der Waals surface area contributed by atoms with Gasteiger partial charge in [-0.25, -0.2) is 8.42 Å². The largest absolute Gasteiger partial charge is 0.495 e. The van der Waals surface area contributed by atoms with Gasteiger partial charge in [-0.2, -0.15) is 4.72 Å². The number of non-ortho nitro benzene ring substituents is 1. The van der Waals surface area contributed by atoms with E-state index in [0.717, 1.165) is 18.2 Å². The number of rotatable bonds is 7. The van der Waals surface area contributed by atoms with Crippen molar-refractivity contribution in [1.29, 1.82) is 0 Å². The summed E-state index contributed by atoms with van der Waals surface area (Å²) in [6.07, 6.45) is 0. The quantitative estimate of drug-likeness (QED) is 0.561. The predicted octanol–water partition coefficient (Wildman–Crippen LogP) is 0.991. The lowest BCUT2D eigenvalue weighted by Gasteiger charge is -2.18. The van der Waals surface area contributed by atoms with Crippen molar-refractivity contribution < 1.29 is 28.0 Å². The number of carboxylic acids is 1. The minimum Gasteiger partial charge on any atom is -0.495 e. The van der Waals surface area contributed by atoms with Crippen LogP contribution in [0.4, 0.5) is 5.69 Å². The molecular weight excluding hydrogens is 316 g/mol. The Labute approximate surface area is 127 Å². The SMILES string of the molecule is COc1ccc([N+](=O)[O-])cc1S(=O)(=O)NC(C(=O)O)C(C)C. The zero-order valence-electron chi connectivity index (χ0n) is 12.1. The van der Waals surface area contributed by atoms with E-state index in [1.165, 1.54) is 21.0 Å². The van der Waals surface area contributed by atoms with Crippen LogP contribution in [0.15, 0.2) is 23.1 Å². The minimum absolute atomic E-state index is 0.119. The lowest BCUT2D eigenvalue weighted by atomic mass is 10.1. The van der Waals surface area contributed by atoms with Gasteiger partial charge in [-0.3, -0.25) is 14.9 Å². The second kappa shape index (κ2) is 6.71. The average Bonchev–Trinajstić information content (AvgIpc) is 2.43. The lowest BCUT2D eigenvalue weighted by Crippen LogP contribution is -2.44. The van der Waals surface area contributed by atoms with Crippen LogP contribution >= 0.6 is 0 Å². The van der Waals surface area contributed by atoms with Gasteiger partial charge in [0.05, 0.1) is 12.0 Å². The van der Waals surface area contributed by atoms with E-state index in [4.69, 9.17) is 9.84 Å². The van der Waals surface area contributed by atoms with Crippen LogP contribution in [0.5, 0.6) is 5.75 Å². The Bertz CT molecular complexity index is 685. The van der Waals surface area contributed by atoms with Crippen LogP contribution in [-0.2, 0) is 14.8 Å². The molecule has 22 heavy (non-hydrogen) atoms. The molecule has 0 spiro atoms. The zero-order chi connectivity index (χ0) is 17.1. The Morgan fingerprint density at radius 3 is 2.41 bits per heavy atom. The Kier molecular flexibility index (Phi) is 5.44. The molecule has 1 aromatic rings. The molecule has 0 radical (unpaired) electrons. The number of nitro groups is 1. The van der Waals surface area contributed by atoms with Crippen molar-refractivity contribution >= 4 is 21.7 Å². The van der Waals surface area contributed by atoms with Crippen LogP contribution in [0, 0.1) is 16.0 Å². The molecule has 0 aliphatic heterocycles. The number of ether oxygens (including phenoxy) is 1. The third-order valence-electron chi connectivity index (χ3n) is 2.86. The number of carboxylic acid groups (broad SMARTS) is 1. The molecule has 0 saturated heterocycles. The minimum atomic E-state index is -4.31. The molecule has 10 heteroatoms. The smallest absolute Gasteiger partial charge is 0.322 e. The highest BCUT2D eigenvalue weighted by molar-refractivity contribution is 7.89. The lowest BCUT2D eigenvalue weighted by molar-refractivity contribution is -0.385. The van der Waals surface area contributed by atoms with Crippen molar-refractivity contribution in [3.8, 4) is 5.75 Å². The van der Waals surface area contributed by atoms with Gasteiger partial charge in [0.25, 0.3) is 5.69 Å². The topological polar surface area (TPSA) is 136 Å². The van der Waals surface area contributed by atoms with Crippen molar-refractivity contribution in [2.24, 2.45) is 5.92 Å². The second-order valence-corrected chi connectivity index (χ2v) is 6.46. The monoisotopic (exact) mass is 332 g/mol. The van der Waals surface area contributed by atoms with Crippen LogP contribution < -0.4 is 9.46 Å². The average molecular weight is 332 g/mol. The molecule has 0 fully saturated rings. The standard InChI is InChI=1S/C12H16N2O7S/c1-7(2)11(12(15)16)13-22(19,20)10-6-8(14(17)18)4-5-9(10)21-3/h4-7,11,13H,1-3H3,(H,15,16). The van der Waals surface area contributed by atoms with E-state index in [0.29, 0.717) is 0 Å². The van der Waals surface area contributed by atoms with Gasteiger partial charge in [0.2, 0.25) is 10.0 Å². The molecule has 0 aliphatic carbocycles. The predicted molar refractivity (Wildman–Crippen MR) is 76.2 cm³/mol. The molecule has 122 valence electrons. The summed E-state index contributed by atoms with van der Waals surface area (Å²) in [5.74, 6) is -1.98. The van der Waals surface area contributed by atoms with Crippen LogP contribution in [-0.4, -0.2) is 37.6 Å². The summed E-state index contributed by atoms with van der Waals surface area (Å²) in [6, 6.07) is 1.68. The van der Waals surface area contributed by atoms with Crippen LogP contribution in [0.3, 0.4) is 0 Å². The van der Waals surface area contributed by atoms with Gasteiger partial charge in [-0.15, -0.1) is 0 Å². The summed E-state index contributed by atoms with van der Waals surface area (Å²) in [7, 11) is -3.10. The molecule has 9 nitrogen and oxygen atoms in total. The highest BCUT2D eigenvalue weighted by Crippen LogP contribution is 2.28. The van der Waals surface area contributed by atoms with E-state index < -0.39 is 43.5 Å². The van der Waals surface area contributed by atoms with Gasteiger partial charge in [-0.05, 0) is 12.0 Å². The first-order chi connectivity index (χ1) is 10.1. The van der Waals surface area contributed by atoms with Crippen LogP contribution in [0.2, 0.25) is 0 Å². The molecule has 1 atom stereocenters. The number of benzene rings is 1. The number of nitrogens with zero attached hydrogens (tertiary/aromatic N) is 1. The third-order valence-corrected chi connectivity index (χ3v) is 4.32. The van der Waals surface area contributed by atoms with Crippen LogP contribution in [0.25, 0.3) is 0 Å². The maximum absolute atomic E-state index is 12.3. The van der Waals surface area contributed by atoms with E-state index in [-0.39, 0.29) is 5.75 Å². The van der Waals surface area contributed by atoms with Gasteiger partial charge in [0, 0.05) is 12.1 Å². The van der Waals surface area contributed by atoms with E-state index in [9.17, 15) is 23.3 Å². The Morgan fingerprint density at radius 2 is 2.00 bits per heavy atom. The number of nitrogens with one attached hydrogen (secondary N) is 1. The van der Waals surface area contributed by atoms with E-state index >= 15 is 0 Å². The Hall–Kier alpha value is -2.20. The third kappa shape index (κ3) is 3.92. The Balaban J connectivity index is 3.35. The van der Waals surface area contributed by atoms with E-state index in [1.807, 2.05) is 4.72 Å². The number of methoxy groups -OCH3 is 1. The summed E-state index contributed by atoms with van der Waals surface area (Å²) in [5, 5.41) is 19.8. The Morgan fingerprint density at radius 1 is 1.41 bits per heavy atom. The van der Waals surface area contributed by atoms with E-state index in [1.54, 1.807) is 0 Å². The molecule has 0 aliphatic rings. The first-order valence-electron chi connectivity index (χ1n) is 6.17. The molecule has 0 amide bonds. The number of carbonyl (C=O) groups is 1. The maximum atomic E-state index is 12.3. The first-order valence-corrected chi connectivity index (χ1v) is 7.66. The van der Waals surface area contributed by atoms with Gasteiger partial charge < -0.3 is 9.84 Å². The summed E-state index contributed by atoms with van der Waals surface area (Å²) in [5.41, 5.74) is -0.447. The summed E-state index contributed by atoms with van der Waals surface area (Å²) < 4.78 is 31.6. The van der Waals surface area contributed by atoms with Crippen molar-refractivity contribution in [2.45, 2.75) is 24.8 Å². The number of hydrogen-bond donors (Lipinski definition) is 2. The number of aliphatic carboxylic acids is 1. The van der Waals surface area contributed by atoms with Gasteiger partial charge in [-0.1, -0.05) is 13.8 Å². The number of nitro benzene ring substituents is 1. The van der Waals surface area contributed by atoms with Crippen molar-refractivity contribution in [2.75, 3.05) is 7.11 Å². The van der Waals surface area contributed by atoms with Crippen molar-refractivity contribution in [3.63, 3.8) is 0 Å². The first kappa shape index (κ1) is 17.9. The summed E-state index contributed by atoms with van der Waals surface area (Å²) >= 11 is 0. The highest BCUT2D eigenvalue weighted by atomic mass is 32.2. The fraction of sp³-hybridized carbons (Fsp3) is 0.417. The van der Waals surface area contributed by atoms with E-state index in [2.05, 4.69) is 0 Å². The normalized spacial score (nSPS) is 12.9. The van der Waals surface area contributed by atoms with Gasteiger partial charge in [0.1, 0.15) is 16.7 Å². The zero-order valence-corrected chi connectivity index (χ0v) is 13.0. The fourth-order valence-electron chi connectivity index (χ4n) is 1.69. The van der Waals surface area contributed by atoms with Crippen molar-refractivity contribution in [1.82, 2.24) is 4.72 Å². The molecule has 1 unspecified atom stereocenters. The number of hydrogen-bond acceptors (Lipinski definition) is 6. The molecule has 0 saturated carbocycles. The molecule has 2 N–H and O–H groups in total. The molecular formula is C12H16N2O7S. The fourth-order valence-corrected chi connectivity index (χ4v) is 3.22. The van der Waals surface area contributed by atoms with Gasteiger partial charge in [0.15, 0.2) is 0 Å². The summed E-state index contributed by atoms with van der Waals surface area (Å²) in [6.45, 7) is 3.07. The van der Waals surface area contributed by atoms with Crippen molar-refractivity contribution in [3.05, 3.63) is 28.3 Å². The molecule has 1 aromatic carbocycles. The number of sulfonamides is 1. The molecule has 0 bridgehead atoms. The summed E-state index contributed by atoms with van der Waals surface area (Å²) in [4.78, 5) is 20.6. The second-order valence-electron chi connectivity index (χ2n) is 4.77. The maximum Gasteiger partial charge on any atom is 0.322 e. The molecule has 0 aromatic heterocycles. The molecule has 1 rings (SSSR count). The highest BCUT2D eigenvalue weighted by Gasteiger charge is 2.31. The van der Waals surface area contributed by atoms with Gasteiger partial charge >= 0.3 is 5.97 Å². The van der Waals surface area contributed by atoms with Crippen LogP contribution in [0.1, 0.15) is 13.8 Å².